The minimum absolute atomic E-state index is 0.111. The number of urea groups is 1. The van der Waals surface area contributed by atoms with Crippen molar-refractivity contribution in [3.63, 3.8) is 0 Å². The fourth-order valence-electron chi connectivity index (χ4n) is 3.52. The predicted octanol–water partition coefficient (Wildman–Crippen LogP) is 3.32. The predicted molar refractivity (Wildman–Crippen MR) is 114 cm³/mol. The number of anilines is 1. The second-order valence-corrected chi connectivity index (χ2v) is 7.18. The van der Waals surface area contributed by atoms with Gasteiger partial charge in [-0.15, -0.1) is 0 Å². The van der Waals surface area contributed by atoms with E-state index in [-0.39, 0.29) is 6.03 Å². The summed E-state index contributed by atoms with van der Waals surface area (Å²) >= 11 is 0. The van der Waals surface area contributed by atoms with E-state index in [0.717, 1.165) is 43.1 Å². The summed E-state index contributed by atoms with van der Waals surface area (Å²) in [6.07, 6.45) is 0.857. The van der Waals surface area contributed by atoms with Crippen LogP contribution in [0.3, 0.4) is 0 Å². The summed E-state index contributed by atoms with van der Waals surface area (Å²) in [6, 6.07) is 9.97. The monoisotopic (exact) mass is 398 g/mol. The number of benzene rings is 1. The molecule has 2 heterocycles. The van der Waals surface area contributed by atoms with Crippen LogP contribution in [0.15, 0.2) is 30.3 Å². The van der Waals surface area contributed by atoms with Gasteiger partial charge in [-0.05, 0) is 42.7 Å². The lowest BCUT2D eigenvalue weighted by Gasteiger charge is -2.34. The SMILES string of the molecule is CCc1cc(NC(=O)N2CCN(Cc3ccc(OC)cc3)CC2)c(OC)nc1C. The highest BCUT2D eigenvalue weighted by atomic mass is 16.5. The van der Waals surface area contributed by atoms with Gasteiger partial charge in [0.1, 0.15) is 11.4 Å². The Hall–Kier alpha value is -2.80. The number of hydrogen-bond donors (Lipinski definition) is 1. The van der Waals surface area contributed by atoms with Crippen molar-refractivity contribution < 1.29 is 14.3 Å². The molecule has 0 atom stereocenters. The minimum atomic E-state index is -0.111. The third-order valence-corrected chi connectivity index (χ3v) is 5.32. The first kappa shape index (κ1) is 20.9. The number of nitrogens with one attached hydrogen (secondary N) is 1. The Bertz CT molecular complexity index is 831. The molecule has 3 rings (SSSR count). The van der Waals surface area contributed by atoms with Crippen LogP contribution in [0.25, 0.3) is 0 Å². The highest BCUT2D eigenvalue weighted by molar-refractivity contribution is 5.90. The molecule has 0 aliphatic carbocycles. The zero-order chi connectivity index (χ0) is 20.8. The van der Waals surface area contributed by atoms with Crippen LogP contribution in [0.5, 0.6) is 11.6 Å². The van der Waals surface area contributed by atoms with Gasteiger partial charge in [-0.25, -0.2) is 9.78 Å². The molecule has 0 unspecified atom stereocenters. The van der Waals surface area contributed by atoms with Crippen LogP contribution >= 0.6 is 0 Å². The summed E-state index contributed by atoms with van der Waals surface area (Å²) in [5.41, 5.74) is 3.90. The first-order valence-corrected chi connectivity index (χ1v) is 9.99. The Kier molecular flexibility index (Phi) is 6.93. The molecule has 7 nitrogen and oxygen atoms in total. The average Bonchev–Trinajstić information content (AvgIpc) is 2.75. The van der Waals surface area contributed by atoms with Crippen molar-refractivity contribution in [1.82, 2.24) is 14.8 Å². The fourth-order valence-corrected chi connectivity index (χ4v) is 3.52. The van der Waals surface area contributed by atoms with Crippen LogP contribution in [-0.2, 0) is 13.0 Å². The van der Waals surface area contributed by atoms with Crippen LogP contribution < -0.4 is 14.8 Å². The summed E-state index contributed by atoms with van der Waals surface area (Å²) in [4.78, 5) is 21.4. The Morgan fingerprint density at radius 3 is 2.38 bits per heavy atom. The second-order valence-electron chi connectivity index (χ2n) is 7.18. The lowest BCUT2D eigenvalue weighted by Crippen LogP contribution is -2.49. The Balaban J connectivity index is 1.56. The number of rotatable bonds is 6. The molecule has 0 radical (unpaired) electrons. The summed E-state index contributed by atoms with van der Waals surface area (Å²) in [5.74, 6) is 1.31. The number of ether oxygens (including phenoxy) is 2. The normalized spacial score (nSPS) is 14.6. The van der Waals surface area contributed by atoms with Crippen LogP contribution in [-0.4, -0.2) is 61.2 Å². The van der Waals surface area contributed by atoms with Gasteiger partial charge in [0.25, 0.3) is 0 Å². The van der Waals surface area contributed by atoms with Crippen molar-refractivity contribution in [2.45, 2.75) is 26.8 Å². The first-order valence-electron chi connectivity index (χ1n) is 9.99. The summed E-state index contributed by atoms with van der Waals surface area (Å²) in [5, 5.41) is 2.98. The van der Waals surface area contributed by atoms with E-state index >= 15 is 0 Å². The molecule has 0 spiro atoms. The van der Waals surface area contributed by atoms with E-state index in [1.807, 2.05) is 30.0 Å². The van der Waals surface area contributed by atoms with Gasteiger partial charge in [-0.2, -0.15) is 0 Å². The minimum Gasteiger partial charge on any atom is -0.497 e. The van der Waals surface area contributed by atoms with E-state index in [1.54, 1.807) is 14.2 Å². The molecular weight excluding hydrogens is 368 g/mol. The fraction of sp³-hybridized carbons (Fsp3) is 0.455. The van der Waals surface area contributed by atoms with Gasteiger partial charge in [0, 0.05) is 38.4 Å². The molecule has 1 saturated heterocycles. The molecule has 7 heteroatoms. The number of carbonyl (C=O) groups is 1. The maximum absolute atomic E-state index is 12.8. The number of aryl methyl sites for hydroxylation is 2. The molecule has 0 bridgehead atoms. The van der Waals surface area contributed by atoms with Gasteiger partial charge in [0.2, 0.25) is 5.88 Å². The molecule has 1 aliphatic heterocycles. The van der Waals surface area contributed by atoms with E-state index in [0.29, 0.717) is 24.7 Å². The van der Waals surface area contributed by atoms with Gasteiger partial charge >= 0.3 is 6.03 Å². The number of pyridine rings is 1. The zero-order valence-electron chi connectivity index (χ0n) is 17.7. The van der Waals surface area contributed by atoms with Crippen molar-refractivity contribution in [3.05, 3.63) is 47.2 Å². The molecule has 1 N–H and O–H groups in total. The second kappa shape index (κ2) is 9.60. The van der Waals surface area contributed by atoms with Crippen LogP contribution in [0, 0.1) is 6.92 Å². The van der Waals surface area contributed by atoms with Gasteiger partial charge in [0.05, 0.1) is 14.2 Å². The Morgan fingerprint density at radius 2 is 1.79 bits per heavy atom. The van der Waals surface area contributed by atoms with Crippen molar-refractivity contribution in [1.29, 1.82) is 0 Å². The highest BCUT2D eigenvalue weighted by Crippen LogP contribution is 2.25. The third-order valence-electron chi connectivity index (χ3n) is 5.32. The number of piperazine rings is 1. The molecule has 1 aromatic carbocycles. The van der Waals surface area contributed by atoms with Crippen molar-refractivity contribution in [2.75, 3.05) is 45.7 Å². The molecule has 1 fully saturated rings. The van der Waals surface area contributed by atoms with Gasteiger partial charge < -0.3 is 19.7 Å². The summed E-state index contributed by atoms with van der Waals surface area (Å²) in [6.45, 7) is 7.94. The third kappa shape index (κ3) is 5.17. The standard InChI is InChI=1S/C22H30N4O3/c1-5-18-14-20(21(29-4)23-16(18)2)24-22(27)26-12-10-25(11-13-26)15-17-6-8-19(28-3)9-7-17/h6-9,14H,5,10-13,15H2,1-4H3,(H,24,27). The maximum Gasteiger partial charge on any atom is 0.322 e. The van der Waals surface area contributed by atoms with Gasteiger partial charge in [-0.3, -0.25) is 4.90 Å². The van der Waals surface area contributed by atoms with Crippen LogP contribution in [0.1, 0.15) is 23.7 Å². The molecule has 1 aromatic heterocycles. The lowest BCUT2D eigenvalue weighted by atomic mass is 10.1. The number of carbonyl (C=O) groups excluding carboxylic acids is 1. The molecule has 0 saturated carbocycles. The van der Waals surface area contributed by atoms with Crippen molar-refractivity contribution >= 4 is 11.7 Å². The van der Waals surface area contributed by atoms with Gasteiger partial charge in [-0.1, -0.05) is 19.1 Å². The number of aromatic nitrogens is 1. The first-order chi connectivity index (χ1) is 14.0. The average molecular weight is 399 g/mol. The number of hydrogen-bond acceptors (Lipinski definition) is 5. The van der Waals surface area contributed by atoms with E-state index in [2.05, 4.69) is 34.3 Å². The summed E-state index contributed by atoms with van der Waals surface area (Å²) < 4.78 is 10.6. The van der Waals surface area contributed by atoms with E-state index in [9.17, 15) is 4.79 Å². The van der Waals surface area contributed by atoms with Crippen LogP contribution in [0.4, 0.5) is 10.5 Å². The van der Waals surface area contributed by atoms with Gasteiger partial charge in [0.15, 0.2) is 0 Å². The molecule has 2 amide bonds. The molecule has 2 aromatic rings. The highest BCUT2D eigenvalue weighted by Gasteiger charge is 2.22. The quantitative estimate of drug-likeness (QED) is 0.809. The Labute approximate surface area is 172 Å². The number of amides is 2. The molecule has 29 heavy (non-hydrogen) atoms. The van der Waals surface area contributed by atoms with Crippen LogP contribution in [0.2, 0.25) is 0 Å². The Morgan fingerprint density at radius 1 is 1.10 bits per heavy atom. The topological polar surface area (TPSA) is 66.9 Å². The van der Waals surface area contributed by atoms with Crippen molar-refractivity contribution in [3.8, 4) is 11.6 Å². The molecule has 1 aliphatic rings. The van der Waals surface area contributed by atoms with E-state index < -0.39 is 0 Å². The maximum atomic E-state index is 12.8. The molecule has 156 valence electrons. The number of methoxy groups -OCH3 is 2. The molecular formula is C22H30N4O3. The van der Waals surface area contributed by atoms with Crippen molar-refractivity contribution in [2.24, 2.45) is 0 Å². The largest absolute Gasteiger partial charge is 0.497 e. The van der Waals surface area contributed by atoms with E-state index in [4.69, 9.17) is 9.47 Å². The smallest absolute Gasteiger partial charge is 0.322 e. The van der Waals surface area contributed by atoms with E-state index in [1.165, 1.54) is 5.56 Å². The number of nitrogens with zero attached hydrogens (tertiary/aromatic N) is 3. The lowest BCUT2D eigenvalue weighted by molar-refractivity contribution is 0.143. The zero-order valence-corrected chi connectivity index (χ0v) is 17.7. The summed E-state index contributed by atoms with van der Waals surface area (Å²) in [7, 11) is 3.24.